The van der Waals surface area contributed by atoms with Gasteiger partial charge in [-0.3, -0.25) is 4.79 Å². The number of hydrogen-bond acceptors (Lipinski definition) is 6. The lowest BCUT2D eigenvalue weighted by Gasteiger charge is -2.09. The van der Waals surface area contributed by atoms with Crippen molar-refractivity contribution in [3.63, 3.8) is 0 Å². The standard InChI is InChI=1S/C17H13ClO5S/c18-11-8-10(9-13-16(11)23-7-1-6-22-13)2-3-12(19)14-4-5-15(24-14)17(20)21/h2-5,8-9H,1,6-7H2,(H,20,21)/p-1/b3-2+. The fourth-order valence-corrected chi connectivity index (χ4v) is 3.22. The molecule has 2 heterocycles. The fourth-order valence-electron chi connectivity index (χ4n) is 2.18. The lowest BCUT2D eigenvalue weighted by molar-refractivity contribution is -0.254. The Hall–Kier alpha value is -2.31. The fraction of sp³-hybridized carbons (Fsp3) is 0.176. The summed E-state index contributed by atoms with van der Waals surface area (Å²) in [7, 11) is 0. The third kappa shape index (κ3) is 3.60. The van der Waals surface area contributed by atoms with Gasteiger partial charge in [0.05, 0.1) is 34.0 Å². The summed E-state index contributed by atoms with van der Waals surface area (Å²) in [6.45, 7) is 1.08. The molecule has 0 aliphatic carbocycles. The van der Waals surface area contributed by atoms with Crippen LogP contribution < -0.4 is 14.6 Å². The second kappa shape index (κ2) is 7.07. The first kappa shape index (κ1) is 16.5. The van der Waals surface area contributed by atoms with Crippen LogP contribution in [0.3, 0.4) is 0 Å². The van der Waals surface area contributed by atoms with Crippen molar-refractivity contribution in [2.45, 2.75) is 6.42 Å². The lowest BCUT2D eigenvalue weighted by atomic mass is 10.1. The molecule has 0 saturated heterocycles. The molecule has 124 valence electrons. The molecule has 3 rings (SSSR count). The number of ether oxygens (including phenoxy) is 2. The van der Waals surface area contributed by atoms with Gasteiger partial charge in [0.1, 0.15) is 0 Å². The maximum atomic E-state index is 12.1. The van der Waals surface area contributed by atoms with Crippen LogP contribution in [0.1, 0.15) is 31.3 Å². The topological polar surface area (TPSA) is 75.7 Å². The number of fused-ring (bicyclic) bond motifs is 1. The number of ketones is 1. The van der Waals surface area contributed by atoms with Crippen molar-refractivity contribution in [2.24, 2.45) is 0 Å². The van der Waals surface area contributed by atoms with Crippen molar-refractivity contribution in [1.29, 1.82) is 0 Å². The average Bonchev–Trinajstić information content (AvgIpc) is 2.93. The molecule has 0 unspecified atom stereocenters. The molecule has 5 nitrogen and oxygen atoms in total. The number of halogens is 1. The minimum Gasteiger partial charge on any atom is -0.544 e. The van der Waals surface area contributed by atoms with Crippen LogP contribution in [0.15, 0.2) is 30.3 Å². The van der Waals surface area contributed by atoms with E-state index < -0.39 is 5.97 Å². The second-order valence-corrected chi connectivity index (χ2v) is 6.52. The molecule has 0 fully saturated rings. The molecule has 1 aliphatic heterocycles. The maximum absolute atomic E-state index is 12.1. The molecule has 0 atom stereocenters. The molecule has 7 heteroatoms. The summed E-state index contributed by atoms with van der Waals surface area (Å²) in [6.07, 6.45) is 3.73. The number of benzene rings is 1. The predicted octanol–water partition coefficient (Wildman–Crippen LogP) is 2.82. The quantitative estimate of drug-likeness (QED) is 0.616. The number of carboxylic acid groups (broad SMARTS) is 1. The van der Waals surface area contributed by atoms with E-state index >= 15 is 0 Å². The highest BCUT2D eigenvalue weighted by Gasteiger charge is 2.15. The summed E-state index contributed by atoms with van der Waals surface area (Å²) in [5.41, 5.74) is 0.689. The molecule has 0 N–H and O–H groups in total. The number of allylic oxidation sites excluding steroid dienone is 1. The Bertz CT molecular complexity index is 824. The van der Waals surface area contributed by atoms with E-state index in [2.05, 4.69) is 0 Å². The molecule has 0 bridgehead atoms. The number of hydrogen-bond donors (Lipinski definition) is 0. The van der Waals surface area contributed by atoms with Gasteiger partial charge < -0.3 is 19.4 Å². The summed E-state index contributed by atoms with van der Waals surface area (Å²) in [5, 5.41) is 11.2. The third-order valence-corrected chi connectivity index (χ3v) is 4.66. The van der Waals surface area contributed by atoms with E-state index in [1.807, 2.05) is 0 Å². The first-order valence-corrected chi connectivity index (χ1v) is 8.37. The molecule has 1 aliphatic rings. The van der Waals surface area contributed by atoms with Crippen LogP contribution >= 0.6 is 22.9 Å². The van der Waals surface area contributed by atoms with Gasteiger partial charge in [-0.05, 0) is 35.9 Å². The lowest BCUT2D eigenvalue weighted by Crippen LogP contribution is -2.20. The van der Waals surface area contributed by atoms with Crippen LogP contribution in [-0.2, 0) is 0 Å². The van der Waals surface area contributed by atoms with Crippen LogP contribution in [0.2, 0.25) is 5.02 Å². The Morgan fingerprint density at radius 1 is 1.17 bits per heavy atom. The molecule has 0 radical (unpaired) electrons. The number of carboxylic acids is 1. The Balaban J connectivity index is 1.81. The van der Waals surface area contributed by atoms with Crippen LogP contribution in [0, 0.1) is 0 Å². The van der Waals surface area contributed by atoms with Crippen molar-refractivity contribution in [3.05, 3.63) is 50.7 Å². The Morgan fingerprint density at radius 3 is 2.67 bits per heavy atom. The molecule has 1 aromatic carbocycles. The molecule has 0 amide bonds. The van der Waals surface area contributed by atoms with E-state index in [1.165, 1.54) is 18.2 Å². The molecule has 1 aromatic heterocycles. The highest BCUT2D eigenvalue weighted by atomic mass is 35.5. The smallest absolute Gasteiger partial charge is 0.195 e. The highest BCUT2D eigenvalue weighted by molar-refractivity contribution is 7.16. The Morgan fingerprint density at radius 2 is 1.92 bits per heavy atom. The van der Waals surface area contributed by atoms with Gasteiger partial charge in [0.15, 0.2) is 17.3 Å². The summed E-state index contributed by atoms with van der Waals surface area (Å²) in [6, 6.07) is 6.24. The molecule has 0 spiro atoms. The predicted molar refractivity (Wildman–Crippen MR) is 89.1 cm³/mol. The van der Waals surface area contributed by atoms with Crippen LogP contribution in [0.25, 0.3) is 6.08 Å². The van der Waals surface area contributed by atoms with Crippen molar-refractivity contribution in [1.82, 2.24) is 0 Å². The SMILES string of the molecule is O=C([O-])c1ccc(C(=O)/C=C/c2cc(Cl)c3c(c2)OCCCO3)s1. The monoisotopic (exact) mass is 363 g/mol. The van der Waals surface area contributed by atoms with Crippen LogP contribution in [0.4, 0.5) is 0 Å². The van der Waals surface area contributed by atoms with Gasteiger partial charge in [0, 0.05) is 6.42 Å². The van der Waals surface area contributed by atoms with E-state index in [9.17, 15) is 14.7 Å². The number of aromatic carboxylic acids is 1. The van der Waals surface area contributed by atoms with E-state index in [4.69, 9.17) is 21.1 Å². The van der Waals surface area contributed by atoms with Gasteiger partial charge in [0.25, 0.3) is 0 Å². The van der Waals surface area contributed by atoms with E-state index in [-0.39, 0.29) is 10.7 Å². The number of carbonyl (C=O) groups is 2. The summed E-state index contributed by atoms with van der Waals surface area (Å²) < 4.78 is 11.1. The van der Waals surface area contributed by atoms with E-state index in [0.717, 1.165) is 17.8 Å². The second-order valence-electron chi connectivity index (χ2n) is 5.03. The molecule has 2 aromatic rings. The van der Waals surface area contributed by atoms with Crippen molar-refractivity contribution >= 4 is 40.8 Å². The molecular formula is C17H12ClO5S-. The summed E-state index contributed by atoms with van der Waals surface area (Å²) in [5.74, 6) is -0.537. The van der Waals surface area contributed by atoms with Crippen LogP contribution in [0.5, 0.6) is 11.5 Å². The third-order valence-electron chi connectivity index (χ3n) is 3.30. The minimum absolute atomic E-state index is 0.0189. The van der Waals surface area contributed by atoms with Crippen molar-refractivity contribution in [3.8, 4) is 11.5 Å². The number of thiophene rings is 1. The van der Waals surface area contributed by atoms with Gasteiger partial charge in [0.2, 0.25) is 0 Å². The van der Waals surface area contributed by atoms with Crippen LogP contribution in [-0.4, -0.2) is 25.0 Å². The van der Waals surface area contributed by atoms with Gasteiger partial charge in [-0.2, -0.15) is 0 Å². The zero-order chi connectivity index (χ0) is 17.1. The average molecular weight is 364 g/mol. The number of carbonyl (C=O) groups excluding carboxylic acids is 2. The zero-order valence-electron chi connectivity index (χ0n) is 12.4. The van der Waals surface area contributed by atoms with Gasteiger partial charge in [-0.1, -0.05) is 17.7 Å². The zero-order valence-corrected chi connectivity index (χ0v) is 14.0. The Kier molecular flexibility index (Phi) is 4.87. The first-order chi connectivity index (χ1) is 11.5. The maximum Gasteiger partial charge on any atom is 0.195 e. The molecular weight excluding hydrogens is 352 g/mol. The van der Waals surface area contributed by atoms with Gasteiger partial charge >= 0.3 is 0 Å². The molecule has 0 saturated carbocycles. The highest BCUT2D eigenvalue weighted by Crippen LogP contribution is 2.38. The largest absolute Gasteiger partial charge is 0.544 e. The van der Waals surface area contributed by atoms with Crippen molar-refractivity contribution < 1.29 is 24.2 Å². The molecule has 24 heavy (non-hydrogen) atoms. The number of rotatable bonds is 4. The summed E-state index contributed by atoms with van der Waals surface area (Å²) in [4.78, 5) is 23.2. The van der Waals surface area contributed by atoms with E-state index in [1.54, 1.807) is 18.2 Å². The summed E-state index contributed by atoms with van der Waals surface area (Å²) >= 11 is 7.08. The minimum atomic E-state index is -1.29. The Labute approximate surface area is 147 Å². The van der Waals surface area contributed by atoms with Gasteiger partial charge in [-0.25, -0.2) is 0 Å². The first-order valence-electron chi connectivity index (χ1n) is 7.17. The van der Waals surface area contributed by atoms with E-state index in [0.29, 0.717) is 40.2 Å². The van der Waals surface area contributed by atoms with Crippen molar-refractivity contribution in [2.75, 3.05) is 13.2 Å². The van der Waals surface area contributed by atoms with Gasteiger partial charge in [-0.15, -0.1) is 11.3 Å². The normalized spacial score (nSPS) is 13.7.